The lowest BCUT2D eigenvalue weighted by Crippen LogP contribution is -2.21. The third kappa shape index (κ3) is 7.52. The molecule has 0 spiro atoms. The lowest BCUT2D eigenvalue weighted by atomic mass is 10.1. The number of hydrogen-bond acceptors (Lipinski definition) is 7. The van der Waals surface area contributed by atoms with Gasteiger partial charge in [-0.1, -0.05) is 6.07 Å². The van der Waals surface area contributed by atoms with Crippen molar-refractivity contribution in [1.29, 1.82) is 5.26 Å². The molecule has 7 nitrogen and oxygen atoms in total. The molecular weight excluding hydrogens is 535 g/mol. The highest BCUT2D eigenvalue weighted by atomic mass is 19.4. The van der Waals surface area contributed by atoms with Crippen molar-refractivity contribution in [2.45, 2.75) is 25.7 Å². The quantitative estimate of drug-likeness (QED) is 0.117. The van der Waals surface area contributed by atoms with Gasteiger partial charge in [0.15, 0.2) is 11.6 Å². The molecule has 0 aliphatic heterocycles. The number of halogens is 5. The first-order valence-electron chi connectivity index (χ1n) is 12.3. The monoisotopic (exact) mass is 560 g/mol. The number of nitriles is 1. The second-order valence-corrected chi connectivity index (χ2v) is 9.02. The number of pyridine rings is 2. The van der Waals surface area contributed by atoms with Crippen LogP contribution < -0.4 is 9.47 Å². The predicted octanol–water partition coefficient (Wildman–Crippen LogP) is 6.14. The van der Waals surface area contributed by atoms with Gasteiger partial charge in [0.25, 0.3) is 0 Å². The molecule has 0 amide bonds. The number of benzene rings is 2. The van der Waals surface area contributed by atoms with E-state index < -0.39 is 23.7 Å². The molecule has 0 atom stereocenters. The van der Waals surface area contributed by atoms with Crippen molar-refractivity contribution in [2.75, 3.05) is 33.4 Å². The van der Waals surface area contributed by atoms with E-state index >= 15 is 0 Å². The Hall–Kier alpha value is -4.08. The van der Waals surface area contributed by atoms with Gasteiger partial charge >= 0.3 is 6.36 Å². The van der Waals surface area contributed by atoms with Gasteiger partial charge in [-0.25, -0.2) is 13.8 Å². The summed E-state index contributed by atoms with van der Waals surface area (Å²) in [5, 5.41) is 11.7. The van der Waals surface area contributed by atoms with E-state index in [1.807, 2.05) is 12.1 Å². The molecule has 4 aromatic rings. The summed E-state index contributed by atoms with van der Waals surface area (Å²) in [5.74, 6) is -3.86. The lowest BCUT2D eigenvalue weighted by molar-refractivity contribution is -0.276. The SMILES string of the molecule is CN(CCCCOCCOc1nc2cc(C#N)ccc2c2cnccc12)Cc1cc(F)c(OC(F)(F)F)c(F)c1. The minimum Gasteiger partial charge on any atom is -0.475 e. The van der Waals surface area contributed by atoms with Gasteiger partial charge in [-0.05, 0) is 62.3 Å². The molecule has 40 heavy (non-hydrogen) atoms. The van der Waals surface area contributed by atoms with Crippen LogP contribution in [0.3, 0.4) is 0 Å². The van der Waals surface area contributed by atoms with Crippen LogP contribution in [0.25, 0.3) is 21.7 Å². The summed E-state index contributed by atoms with van der Waals surface area (Å²) < 4.78 is 79.6. The van der Waals surface area contributed by atoms with Crippen LogP contribution in [0.15, 0.2) is 48.8 Å². The Balaban J connectivity index is 1.19. The van der Waals surface area contributed by atoms with E-state index in [9.17, 15) is 27.2 Å². The molecule has 0 saturated heterocycles. The van der Waals surface area contributed by atoms with Crippen molar-refractivity contribution in [3.63, 3.8) is 0 Å². The summed E-state index contributed by atoms with van der Waals surface area (Å²) in [5.41, 5.74) is 1.32. The fourth-order valence-electron chi connectivity index (χ4n) is 4.19. The Bertz CT molecular complexity index is 1500. The number of fused-ring (bicyclic) bond motifs is 3. The first kappa shape index (κ1) is 28.9. The van der Waals surface area contributed by atoms with Crippen LogP contribution >= 0.6 is 0 Å². The first-order valence-corrected chi connectivity index (χ1v) is 12.3. The van der Waals surface area contributed by atoms with Crippen molar-refractivity contribution in [2.24, 2.45) is 0 Å². The fraction of sp³-hybridized carbons (Fsp3) is 0.321. The maximum Gasteiger partial charge on any atom is 0.573 e. The molecule has 2 aromatic heterocycles. The molecule has 0 fully saturated rings. The number of rotatable bonds is 12. The lowest BCUT2D eigenvalue weighted by Gasteiger charge is -2.18. The van der Waals surface area contributed by atoms with Gasteiger partial charge in [-0.2, -0.15) is 5.26 Å². The summed E-state index contributed by atoms with van der Waals surface area (Å²) in [7, 11) is 1.74. The van der Waals surface area contributed by atoms with Crippen molar-refractivity contribution >= 4 is 21.7 Å². The van der Waals surface area contributed by atoms with E-state index in [1.165, 1.54) is 0 Å². The van der Waals surface area contributed by atoms with E-state index in [0.29, 0.717) is 43.1 Å². The topological polar surface area (TPSA) is 80.5 Å². The molecule has 2 heterocycles. The van der Waals surface area contributed by atoms with E-state index in [2.05, 4.69) is 20.8 Å². The highest BCUT2D eigenvalue weighted by molar-refractivity contribution is 6.07. The van der Waals surface area contributed by atoms with Gasteiger partial charge in [0.1, 0.15) is 6.61 Å². The predicted molar refractivity (Wildman–Crippen MR) is 137 cm³/mol. The maximum absolute atomic E-state index is 13.9. The molecular formula is C28H25F5N4O3. The zero-order chi connectivity index (χ0) is 28.7. The Morgan fingerprint density at radius 2 is 1.73 bits per heavy atom. The van der Waals surface area contributed by atoms with Crippen LogP contribution in [0.4, 0.5) is 22.0 Å². The summed E-state index contributed by atoms with van der Waals surface area (Å²) in [4.78, 5) is 10.6. The molecule has 4 rings (SSSR count). The zero-order valence-electron chi connectivity index (χ0n) is 21.5. The number of unbranched alkanes of at least 4 members (excludes halogenated alkanes) is 1. The maximum atomic E-state index is 13.9. The smallest absolute Gasteiger partial charge is 0.475 e. The summed E-state index contributed by atoms with van der Waals surface area (Å²) in [6.07, 6.45) is -0.356. The van der Waals surface area contributed by atoms with Crippen molar-refractivity contribution in [3.05, 3.63) is 71.6 Å². The minimum absolute atomic E-state index is 0.146. The van der Waals surface area contributed by atoms with Gasteiger partial charge in [-0.15, -0.1) is 13.2 Å². The Morgan fingerprint density at radius 1 is 0.950 bits per heavy atom. The minimum atomic E-state index is -5.18. The molecule has 0 bridgehead atoms. The Kier molecular flexibility index (Phi) is 9.29. The van der Waals surface area contributed by atoms with Crippen LogP contribution in [0.1, 0.15) is 24.0 Å². The van der Waals surface area contributed by atoms with Gasteiger partial charge in [0.2, 0.25) is 11.6 Å². The molecule has 0 N–H and O–H groups in total. The highest BCUT2D eigenvalue weighted by Gasteiger charge is 2.34. The molecule has 0 aliphatic carbocycles. The summed E-state index contributed by atoms with van der Waals surface area (Å²) in [6.45, 7) is 1.78. The van der Waals surface area contributed by atoms with Gasteiger partial charge in [-0.3, -0.25) is 4.98 Å². The Labute approximate surface area is 226 Å². The normalized spacial score (nSPS) is 11.8. The average molecular weight is 561 g/mol. The third-order valence-electron chi connectivity index (χ3n) is 5.96. The van der Waals surface area contributed by atoms with Crippen LogP contribution in [0.2, 0.25) is 0 Å². The van der Waals surface area contributed by atoms with E-state index in [0.717, 1.165) is 34.7 Å². The van der Waals surface area contributed by atoms with Crippen LogP contribution in [0, 0.1) is 23.0 Å². The fourth-order valence-corrected chi connectivity index (χ4v) is 4.19. The van der Waals surface area contributed by atoms with Crippen LogP contribution in [-0.4, -0.2) is 54.6 Å². The third-order valence-corrected chi connectivity index (χ3v) is 5.96. The van der Waals surface area contributed by atoms with Gasteiger partial charge in [0.05, 0.1) is 23.8 Å². The molecule has 0 saturated carbocycles. The number of aromatic nitrogens is 2. The summed E-state index contributed by atoms with van der Waals surface area (Å²) >= 11 is 0. The Morgan fingerprint density at radius 3 is 2.45 bits per heavy atom. The second kappa shape index (κ2) is 12.8. The number of nitrogens with zero attached hydrogens (tertiary/aromatic N) is 4. The standard InChI is InChI=1S/C28H25F5N4O3/c1-37(17-19-12-23(29)26(24(30)13-19)40-28(31,32)33)8-2-3-9-38-10-11-39-27-21-6-7-35-16-22(21)20-5-4-18(15-34)14-25(20)36-27/h4-7,12-14,16H,2-3,8-11,17H2,1H3. The number of hydrogen-bond donors (Lipinski definition) is 0. The molecule has 12 heteroatoms. The highest BCUT2D eigenvalue weighted by Crippen LogP contribution is 2.31. The van der Waals surface area contributed by atoms with E-state index in [4.69, 9.17) is 9.47 Å². The molecule has 0 unspecified atom stereocenters. The van der Waals surface area contributed by atoms with Gasteiger partial charge in [0, 0.05) is 41.7 Å². The van der Waals surface area contributed by atoms with Crippen LogP contribution in [-0.2, 0) is 11.3 Å². The largest absolute Gasteiger partial charge is 0.573 e. The van der Waals surface area contributed by atoms with Crippen molar-refractivity contribution < 1.29 is 36.2 Å². The number of alkyl halides is 3. The first-order chi connectivity index (χ1) is 19.1. The van der Waals surface area contributed by atoms with Crippen molar-refractivity contribution in [3.8, 4) is 17.7 Å². The molecule has 0 aliphatic rings. The van der Waals surface area contributed by atoms with Gasteiger partial charge < -0.3 is 19.1 Å². The van der Waals surface area contributed by atoms with Crippen LogP contribution in [0.5, 0.6) is 11.6 Å². The zero-order valence-corrected chi connectivity index (χ0v) is 21.5. The average Bonchev–Trinajstić information content (AvgIpc) is 2.91. The molecule has 210 valence electrons. The summed E-state index contributed by atoms with van der Waals surface area (Å²) in [6, 6.07) is 10.9. The van der Waals surface area contributed by atoms with Crippen molar-refractivity contribution in [1.82, 2.24) is 14.9 Å². The number of ether oxygens (including phenoxy) is 3. The molecule has 2 aromatic carbocycles. The van der Waals surface area contributed by atoms with E-state index in [-0.39, 0.29) is 18.7 Å². The second-order valence-electron chi connectivity index (χ2n) is 9.02. The molecule has 0 radical (unpaired) electrons. The van der Waals surface area contributed by atoms with E-state index in [1.54, 1.807) is 36.5 Å².